The number of benzene rings is 1. The van der Waals surface area contributed by atoms with Crippen molar-refractivity contribution in [1.82, 2.24) is 10.1 Å². The van der Waals surface area contributed by atoms with Crippen LogP contribution < -0.4 is 5.73 Å². The molecule has 1 aromatic heterocycles. The molecule has 0 aliphatic heterocycles. The third kappa shape index (κ3) is 4.08. The topological polar surface area (TPSA) is 64.9 Å². The fourth-order valence-electron chi connectivity index (χ4n) is 1.76. The zero-order valence-electron chi connectivity index (χ0n) is 11.1. The number of unbranched alkanes of at least 4 members (excludes halogenated alkanes) is 1. The van der Waals surface area contributed by atoms with Crippen molar-refractivity contribution in [2.24, 2.45) is 5.73 Å². The Balaban J connectivity index is 2.01. The lowest BCUT2D eigenvalue weighted by molar-refractivity contribution is 0.375. The first kappa shape index (κ1) is 14.1. The molecule has 1 aromatic carbocycles. The Hall–Kier alpha value is -1.33. The Morgan fingerprint density at radius 1 is 1.21 bits per heavy atom. The summed E-state index contributed by atoms with van der Waals surface area (Å²) < 4.78 is 5.24. The largest absolute Gasteiger partial charge is 0.339 e. The summed E-state index contributed by atoms with van der Waals surface area (Å²) in [5.41, 5.74) is 6.45. The zero-order chi connectivity index (χ0) is 13.5. The molecule has 2 aromatic rings. The average molecular weight is 277 g/mol. The van der Waals surface area contributed by atoms with E-state index in [1.807, 2.05) is 23.9 Å². The van der Waals surface area contributed by atoms with Crippen LogP contribution in [0, 0.1) is 0 Å². The second-order valence-electron chi connectivity index (χ2n) is 4.21. The minimum atomic E-state index is 0.663. The van der Waals surface area contributed by atoms with Gasteiger partial charge in [0.05, 0.1) is 0 Å². The first-order chi connectivity index (χ1) is 9.33. The Labute approximate surface area is 117 Å². The normalized spacial score (nSPS) is 10.8. The van der Waals surface area contributed by atoms with Gasteiger partial charge in [0.25, 0.3) is 0 Å². The molecule has 0 fully saturated rings. The molecular formula is C14H19N3OS. The summed E-state index contributed by atoms with van der Waals surface area (Å²) in [5.74, 6) is 2.43. The van der Waals surface area contributed by atoms with Gasteiger partial charge in [-0.15, -0.1) is 11.8 Å². The SMILES string of the molecule is CCSc1ccc(-c2noc(CCCCN)n2)cc1. The van der Waals surface area contributed by atoms with Gasteiger partial charge in [0.1, 0.15) is 0 Å². The fourth-order valence-corrected chi connectivity index (χ4v) is 2.42. The highest BCUT2D eigenvalue weighted by molar-refractivity contribution is 7.99. The van der Waals surface area contributed by atoms with Gasteiger partial charge in [0, 0.05) is 16.9 Å². The quantitative estimate of drug-likeness (QED) is 0.622. The molecule has 0 aliphatic rings. The van der Waals surface area contributed by atoms with Crippen LogP contribution in [0.3, 0.4) is 0 Å². The lowest BCUT2D eigenvalue weighted by atomic mass is 10.2. The van der Waals surface area contributed by atoms with Gasteiger partial charge in [0.2, 0.25) is 11.7 Å². The second kappa shape index (κ2) is 7.31. The number of rotatable bonds is 7. The predicted molar refractivity (Wildman–Crippen MR) is 78.1 cm³/mol. The molecule has 0 radical (unpaired) electrons. The molecule has 0 amide bonds. The van der Waals surface area contributed by atoms with Crippen LogP contribution >= 0.6 is 11.8 Å². The smallest absolute Gasteiger partial charge is 0.226 e. The number of aryl methyl sites for hydroxylation is 1. The van der Waals surface area contributed by atoms with Gasteiger partial charge in [-0.1, -0.05) is 12.1 Å². The number of hydrogen-bond donors (Lipinski definition) is 1. The molecule has 0 saturated heterocycles. The van der Waals surface area contributed by atoms with Gasteiger partial charge in [0.15, 0.2) is 0 Å². The van der Waals surface area contributed by atoms with Crippen molar-refractivity contribution in [2.75, 3.05) is 12.3 Å². The molecule has 4 nitrogen and oxygen atoms in total. The molecule has 0 spiro atoms. The molecule has 0 unspecified atom stereocenters. The van der Waals surface area contributed by atoms with Gasteiger partial charge in [-0.25, -0.2) is 0 Å². The maximum atomic E-state index is 5.46. The summed E-state index contributed by atoms with van der Waals surface area (Å²) in [6, 6.07) is 8.25. The van der Waals surface area contributed by atoms with Crippen molar-refractivity contribution in [1.29, 1.82) is 0 Å². The van der Waals surface area contributed by atoms with Crippen molar-refractivity contribution in [3.8, 4) is 11.4 Å². The molecule has 0 atom stereocenters. The number of aromatic nitrogens is 2. The monoisotopic (exact) mass is 277 g/mol. The van der Waals surface area contributed by atoms with Gasteiger partial charge >= 0.3 is 0 Å². The summed E-state index contributed by atoms with van der Waals surface area (Å²) in [7, 11) is 0. The molecule has 0 bridgehead atoms. The third-order valence-corrected chi connectivity index (χ3v) is 3.63. The molecule has 5 heteroatoms. The number of hydrogen-bond acceptors (Lipinski definition) is 5. The third-order valence-electron chi connectivity index (χ3n) is 2.74. The van der Waals surface area contributed by atoms with Crippen molar-refractivity contribution >= 4 is 11.8 Å². The maximum Gasteiger partial charge on any atom is 0.226 e. The van der Waals surface area contributed by atoms with Crippen molar-refractivity contribution < 1.29 is 4.52 Å². The van der Waals surface area contributed by atoms with E-state index >= 15 is 0 Å². The van der Waals surface area contributed by atoms with E-state index in [4.69, 9.17) is 10.3 Å². The van der Waals surface area contributed by atoms with Crippen LogP contribution in [0.5, 0.6) is 0 Å². The minimum Gasteiger partial charge on any atom is -0.339 e. The molecule has 0 aliphatic carbocycles. The zero-order valence-corrected chi connectivity index (χ0v) is 11.9. The predicted octanol–water partition coefficient (Wildman–Crippen LogP) is 3.13. The highest BCUT2D eigenvalue weighted by Gasteiger charge is 2.08. The van der Waals surface area contributed by atoms with E-state index in [0.29, 0.717) is 18.3 Å². The van der Waals surface area contributed by atoms with Crippen LogP contribution in [0.1, 0.15) is 25.7 Å². The molecule has 2 rings (SSSR count). The van der Waals surface area contributed by atoms with Crippen molar-refractivity contribution in [2.45, 2.75) is 31.1 Å². The van der Waals surface area contributed by atoms with E-state index in [-0.39, 0.29) is 0 Å². The second-order valence-corrected chi connectivity index (χ2v) is 5.55. The molecule has 2 N–H and O–H groups in total. The molecule has 1 heterocycles. The molecule has 102 valence electrons. The summed E-state index contributed by atoms with van der Waals surface area (Å²) in [6.45, 7) is 2.85. The highest BCUT2D eigenvalue weighted by atomic mass is 32.2. The number of thioether (sulfide) groups is 1. The molecular weight excluding hydrogens is 258 g/mol. The Morgan fingerprint density at radius 3 is 2.68 bits per heavy atom. The van der Waals surface area contributed by atoms with E-state index in [9.17, 15) is 0 Å². The van der Waals surface area contributed by atoms with E-state index in [1.54, 1.807) is 0 Å². The van der Waals surface area contributed by atoms with Crippen LogP contribution in [0.15, 0.2) is 33.7 Å². The summed E-state index contributed by atoms with van der Waals surface area (Å²) >= 11 is 1.82. The Morgan fingerprint density at radius 2 is 2.00 bits per heavy atom. The number of nitrogens with zero attached hydrogens (tertiary/aromatic N) is 2. The standard InChI is InChI=1S/C14H19N3OS/c1-2-19-12-8-6-11(7-9-12)14-16-13(18-17-14)5-3-4-10-15/h6-9H,2-5,10,15H2,1H3. The van der Waals surface area contributed by atoms with Gasteiger partial charge in [-0.3, -0.25) is 0 Å². The van der Waals surface area contributed by atoms with Gasteiger partial charge < -0.3 is 10.3 Å². The van der Waals surface area contributed by atoms with E-state index in [1.165, 1.54) is 4.90 Å². The van der Waals surface area contributed by atoms with E-state index in [0.717, 1.165) is 30.6 Å². The summed E-state index contributed by atoms with van der Waals surface area (Å²) in [4.78, 5) is 5.66. The fraction of sp³-hybridized carbons (Fsp3) is 0.429. The van der Waals surface area contributed by atoms with Gasteiger partial charge in [-0.2, -0.15) is 4.98 Å². The molecule has 0 saturated carbocycles. The summed E-state index contributed by atoms with van der Waals surface area (Å²) in [5, 5.41) is 4.02. The lowest BCUT2D eigenvalue weighted by Gasteiger charge is -1.98. The summed E-state index contributed by atoms with van der Waals surface area (Å²) in [6.07, 6.45) is 2.78. The Kier molecular flexibility index (Phi) is 5.42. The van der Waals surface area contributed by atoms with Crippen molar-refractivity contribution in [3.05, 3.63) is 30.2 Å². The van der Waals surface area contributed by atoms with Gasteiger partial charge in [-0.05, 0) is 49.4 Å². The van der Waals surface area contributed by atoms with Crippen LogP contribution in [-0.2, 0) is 6.42 Å². The van der Waals surface area contributed by atoms with E-state index < -0.39 is 0 Å². The highest BCUT2D eigenvalue weighted by Crippen LogP contribution is 2.22. The molecule has 19 heavy (non-hydrogen) atoms. The Bertz CT molecular complexity index is 496. The maximum absolute atomic E-state index is 5.46. The minimum absolute atomic E-state index is 0.663. The van der Waals surface area contributed by atoms with Crippen LogP contribution in [0.25, 0.3) is 11.4 Å². The van der Waals surface area contributed by atoms with Crippen LogP contribution in [0.4, 0.5) is 0 Å². The van der Waals surface area contributed by atoms with Crippen LogP contribution in [0.2, 0.25) is 0 Å². The lowest BCUT2D eigenvalue weighted by Crippen LogP contribution is -1.99. The first-order valence-corrected chi connectivity index (χ1v) is 7.58. The van der Waals surface area contributed by atoms with Crippen LogP contribution in [-0.4, -0.2) is 22.4 Å². The number of nitrogens with two attached hydrogens (primary N) is 1. The van der Waals surface area contributed by atoms with E-state index in [2.05, 4.69) is 29.2 Å². The first-order valence-electron chi connectivity index (χ1n) is 6.59. The average Bonchev–Trinajstić information content (AvgIpc) is 2.89. The van der Waals surface area contributed by atoms with Crippen molar-refractivity contribution in [3.63, 3.8) is 0 Å².